The zero-order valence-corrected chi connectivity index (χ0v) is 11.4. The lowest BCUT2D eigenvalue weighted by atomic mass is 10.0. The molecule has 1 atom stereocenters. The Hall–Kier alpha value is -1.49. The van der Waals surface area contributed by atoms with Crippen molar-refractivity contribution in [2.45, 2.75) is 12.8 Å². The van der Waals surface area contributed by atoms with Gasteiger partial charge in [0.1, 0.15) is 0 Å². The number of hydrogen-bond acceptors (Lipinski definition) is 3. The van der Waals surface area contributed by atoms with Crippen LogP contribution in [0.3, 0.4) is 0 Å². The van der Waals surface area contributed by atoms with Crippen molar-refractivity contribution in [3.05, 3.63) is 35.4 Å². The first-order valence-electron chi connectivity index (χ1n) is 6.32. The number of carboxylic acid groups (broad SMARTS) is 1. The van der Waals surface area contributed by atoms with Crippen molar-refractivity contribution >= 4 is 23.6 Å². The van der Waals surface area contributed by atoms with E-state index in [9.17, 15) is 9.59 Å². The Morgan fingerprint density at radius 1 is 1.37 bits per heavy atom. The fraction of sp³-hybridized carbons (Fsp3) is 0.429. The molecule has 5 heteroatoms. The van der Waals surface area contributed by atoms with Crippen LogP contribution >= 0.6 is 11.8 Å². The maximum atomic E-state index is 12.1. The summed E-state index contributed by atoms with van der Waals surface area (Å²) in [6.07, 6.45) is 1.02. The van der Waals surface area contributed by atoms with Crippen molar-refractivity contribution in [3.8, 4) is 0 Å². The Bertz CT molecular complexity index is 470. The standard InChI is InChI=1S/C14H17NO3S/c16-13(17)7-11-3-1-2-4-12(11)14(18)15-8-10-5-6-19-9-10/h1-4,10H,5-9H2,(H,15,18)(H,16,17). The molecular weight excluding hydrogens is 262 g/mol. The zero-order valence-electron chi connectivity index (χ0n) is 10.6. The van der Waals surface area contributed by atoms with Crippen LogP contribution in [-0.2, 0) is 11.2 Å². The Morgan fingerprint density at radius 3 is 2.84 bits per heavy atom. The number of aliphatic carboxylic acids is 1. The number of rotatable bonds is 5. The molecule has 4 nitrogen and oxygen atoms in total. The van der Waals surface area contributed by atoms with Crippen LogP contribution in [0.2, 0.25) is 0 Å². The Morgan fingerprint density at radius 2 is 2.16 bits per heavy atom. The van der Waals surface area contributed by atoms with Crippen molar-refractivity contribution < 1.29 is 14.7 Å². The molecule has 1 aromatic rings. The molecule has 0 aromatic heterocycles. The predicted molar refractivity (Wildman–Crippen MR) is 75.5 cm³/mol. The average Bonchev–Trinajstić information content (AvgIpc) is 2.89. The minimum absolute atomic E-state index is 0.122. The van der Waals surface area contributed by atoms with E-state index in [4.69, 9.17) is 5.11 Å². The van der Waals surface area contributed by atoms with Crippen LogP contribution in [-0.4, -0.2) is 35.0 Å². The third kappa shape index (κ3) is 3.99. The highest BCUT2D eigenvalue weighted by Crippen LogP contribution is 2.22. The van der Waals surface area contributed by atoms with E-state index >= 15 is 0 Å². The Labute approximate surface area is 116 Å². The van der Waals surface area contributed by atoms with Crippen molar-refractivity contribution in [2.75, 3.05) is 18.1 Å². The molecule has 1 amide bonds. The highest BCUT2D eigenvalue weighted by molar-refractivity contribution is 7.99. The summed E-state index contributed by atoms with van der Waals surface area (Å²) in [5.41, 5.74) is 1.03. The largest absolute Gasteiger partial charge is 0.481 e. The van der Waals surface area contributed by atoms with Gasteiger partial charge < -0.3 is 10.4 Å². The highest BCUT2D eigenvalue weighted by Gasteiger charge is 2.18. The maximum Gasteiger partial charge on any atom is 0.307 e. The van der Waals surface area contributed by atoms with Gasteiger partial charge in [0.05, 0.1) is 6.42 Å². The van der Waals surface area contributed by atoms with Crippen molar-refractivity contribution in [1.29, 1.82) is 0 Å². The fourth-order valence-corrected chi connectivity index (χ4v) is 3.42. The summed E-state index contributed by atoms with van der Waals surface area (Å²) >= 11 is 1.91. The molecule has 1 unspecified atom stereocenters. The lowest BCUT2D eigenvalue weighted by Gasteiger charge is -2.12. The van der Waals surface area contributed by atoms with Gasteiger partial charge in [-0.15, -0.1) is 0 Å². The number of carboxylic acids is 1. The zero-order chi connectivity index (χ0) is 13.7. The van der Waals surface area contributed by atoms with Gasteiger partial charge in [0.25, 0.3) is 5.91 Å². The lowest BCUT2D eigenvalue weighted by molar-refractivity contribution is -0.136. The lowest BCUT2D eigenvalue weighted by Crippen LogP contribution is -2.30. The fourth-order valence-electron chi connectivity index (χ4n) is 2.14. The van der Waals surface area contributed by atoms with E-state index in [-0.39, 0.29) is 12.3 Å². The van der Waals surface area contributed by atoms with Crippen LogP contribution in [0.5, 0.6) is 0 Å². The number of nitrogens with one attached hydrogen (secondary N) is 1. The third-order valence-corrected chi connectivity index (χ3v) is 4.41. The summed E-state index contributed by atoms with van der Waals surface area (Å²) in [6.45, 7) is 0.674. The first kappa shape index (κ1) is 13.9. The third-order valence-electron chi connectivity index (χ3n) is 3.18. The second-order valence-corrected chi connectivity index (χ2v) is 5.82. The Balaban J connectivity index is 1.99. The van der Waals surface area contributed by atoms with Gasteiger partial charge in [-0.3, -0.25) is 9.59 Å². The molecule has 1 saturated heterocycles. The van der Waals surface area contributed by atoms with E-state index in [1.165, 1.54) is 0 Å². The number of carbonyl (C=O) groups excluding carboxylic acids is 1. The topological polar surface area (TPSA) is 66.4 Å². The summed E-state index contributed by atoms with van der Waals surface area (Å²) in [6, 6.07) is 6.87. The molecule has 1 aromatic carbocycles. The summed E-state index contributed by atoms with van der Waals surface area (Å²) in [4.78, 5) is 22.9. The molecule has 2 N–H and O–H groups in total. The number of thioether (sulfide) groups is 1. The molecule has 102 valence electrons. The smallest absolute Gasteiger partial charge is 0.307 e. The Kier molecular flexibility index (Phi) is 4.85. The van der Waals surface area contributed by atoms with Gasteiger partial charge in [0.2, 0.25) is 0 Å². The minimum Gasteiger partial charge on any atom is -0.481 e. The second kappa shape index (κ2) is 6.61. The van der Waals surface area contributed by atoms with Gasteiger partial charge in [-0.1, -0.05) is 18.2 Å². The van der Waals surface area contributed by atoms with Crippen LogP contribution in [0.4, 0.5) is 0 Å². The van der Waals surface area contributed by atoms with Crippen LogP contribution in [0, 0.1) is 5.92 Å². The molecule has 0 aliphatic carbocycles. The van der Waals surface area contributed by atoms with E-state index in [2.05, 4.69) is 5.32 Å². The molecule has 1 fully saturated rings. The van der Waals surface area contributed by atoms with Crippen molar-refractivity contribution in [2.24, 2.45) is 5.92 Å². The first-order valence-corrected chi connectivity index (χ1v) is 7.48. The minimum atomic E-state index is -0.924. The quantitative estimate of drug-likeness (QED) is 0.862. The molecule has 1 heterocycles. The number of carbonyl (C=O) groups is 2. The van der Waals surface area contributed by atoms with E-state index in [0.29, 0.717) is 23.6 Å². The van der Waals surface area contributed by atoms with Gasteiger partial charge in [-0.05, 0) is 35.5 Å². The molecule has 1 aliphatic rings. The average molecular weight is 279 g/mol. The van der Waals surface area contributed by atoms with E-state index in [0.717, 1.165) is 17.9 Å². The number of benzene rings is 1. The van der Waals surface area contributed by atoms with Gasteiger partial charge in [-0.25, -0.2) is 0 Å². The molecule has 19 heavy (non-hydrogen) atoms. The van der Waals surface area contributed by atoms with E-state index in [1.54, 1.807) is 24.3 Å². The van der Waals surface area contributed by atoms with Crippen molar-refractivity contribution in [1.82, 2.24) is 5.32 Å². The SMILES string of the molecule is O=C(O)Cc1ccccc1C(=O)NCC1CCSC1. The van der Waals surface area contributed by atoms with Gasteiger partial charge in [0.15, 0.2) is 0 Å². The number of hydrogen-bond donors (Lipinski definition) is 2. The summed E-state index contributed by atoms with van der Waals surface area (Å²) in [5.74, 6) is 1.70. The molecular formula is C14H17NO3S. The van der Waals surface area contributed by atoms with E-state index < -0.39 is 5.97 Å². The summed E-state index contributed by atoms with van der Waals surface area (Å²) in [7, 11) is 0. The van der Waals surface area contributed by atoms with Crippen LogP contribution < -0.4 is 5.32 Å². The molecule has 0 saturated carbocycles. The van der Waals surface area contributed by atoms with Gasteiger partial charge in [-0.2, -0.15) is 11.8 Å². The van der Waals surface area contributed by atoms with E-state index in [1.807, 2.05) is 11.8 Å². The van der Waals surface area contributed by atoms with Gasteiger partial charge >= 0.3 is 5.97 Å². The van der Waals surface area contributed by atoms with Gasteiger partial charge in [0, 0.05) is 12.1 Å². The predicted octanol–water partition coefficient (Wildman–Crippen LogP) is 1.80. The van der Waals surface area contributed by atoms with Crippen molar-refractivity contribution in [3.63, 3.8) is 0 Å². The maximum absolute atomic E-state index is 12.1. The molecule has 1 aliphatic heterocycles. The van der Waals surface area contributed by atoms with Crippen LogP contribution in [0.25, 0.3) is 0 Å². The number of amides is 1. The molecule has 2 rings (SSSR count). The highest BCUT2D eigenvalue weighted by atomic mass is 32.2. The first-order chi connectivity index (χ1) is 9.16. The molecule has 0 bridgehead atoms. The van der Waals surface area contributed by atoms with Crippen LogP contribution in [0.1, 0.15) is 22.3 Å². The summed E-state index contributed by atoms with van der Waals surface area (Å²) < 4.78 is 0. The monoisotopic (exact) mass is 279 g/mol. The molecule has 0 radical (unpaired) electrons. The second-order valence-electron chi connectivity index (χ2n) is 4.67. The normalized spacial score (nSPS) is 18.2. The molecule has 0 spiro atoms. The summed E-state index contributed by atoms with van der Waals surface area (Å²) in [5, 5.41) is 11.8. The van der Waals surface area contributed by atoms with Crippen LogP contribution in [0.15, 0.2) is 24.3 Å².